The van der Waals surface area contributed by atoms with Gasteiger partial charge >= 0.3 is 0 Å². The van der Waals surface area contributed by atoms with Crippen molar-refractivity contribution >= 4 is 22.6 Å². The van der Waals surface area contributed by atoms with Crippen molar-refractivity contribution in [3.8, 4) is 0 Å². The van der Waals surface area contributed by atoms with Crippen LogP contribution in [0.5, 0.6) is 0 Å². The third-order valence-corrected chi connectivity index (χ3v) is 3.12. The molecular weight excluding hydrogens is 295 g/mol. The Morgan fingerprint density at radius 3 is 2.00 bits per heavy atom. The minimum absolute atomic E-state index is 1.23. The van der Waals surface area contributed by atoms with Crippen molar-refractivity contribution in [1.82, 2.24) is 0 Å². The summed E-state index contributed by atoms with van der Waals surface area (Å²) < 4.78 is 1.31. The van der Waals surface area contributed by atoms with Crippen molar-refractivity contribution in [2.75, 3.05) is 4.43 Å². The van der Waals surface area contributed by atoms with E-state index in [9.17, 15) is 0 Å². The molecule has 0 rings (SSSR count). The highest BCUT2D eigenvalue weighted by molar-refractivity contribution is 14.1. The smallest absolute Gasteiger partial charge is 0.000473 e. The van der Waals surface area contributed by atoms with Crippen LogP contribution in [0.2, 0.25) is 0 Å². The van der Waals surface area contributed by atoms with E-state index in [0.29, 0.717) is 0 Å². The van der Waals surface area contributed by atoms with Crippen LogP contribution in [0.4, 0.5) is 0 Å². The van der Waals surface area contributed by atoms with E-state index in [1.54, 1.807) is 0 Å². The molecule has 88 valence electrons. The quantitative estimate of drug-likeness (QED) is 0.210. The summed E-state index contributed by atoms with van der Waals surface area (Å²) in [4.78, 5) is 0. The van der Waals surface area contributed by atoms with Gasteiger partial charge in [0.2, 0.25) is 0 Å². The molecule has 0 bridgehead atoms. The van der Waals surface area contributed by atoms with Crippen molar-refractivity contribution in [2.24, 2.45) is 0 Å². The average molecular weight is 320 g/mol. The van der Waals surface area contributed by atoms with Gasteiger partial charge in [-0.3, -0.25) is 0 Å². The third-order valence-electron chi connectivity index (χ3n) is 2.36. The maximum atomic E-state index is 2.45. The van der Waals surface area contributed by atoms with Gasteiger partial charge in [0.15, 0.2) is 0 Å². The van der Waals surface area contributed by atoms with E-state index < -0.39 is 0 Å². The summed E-state index contributed by atoms with van der Waals surface area (Å²) in [5, 5.41) is 0. The minimum atomic E-state index is 1.23. The lowest BCUT2D eigenvalue weighted by molar-refractivity contribution is 0.681. The molecule has 0 radical (unpaired) electrons. The Morgan fingerprint density at radius 1 is 0.800 bits per heavy atom. The van der Waals surface area contributed by atoms with Crippen LogP contribution >= 0.6 is 22.6 Å². The summed E-state index contributed by atoms with van der Waals surface area (Å²) in [6, 6.07) is 0. The molecule has 0 heterocycles. The van der Waals surface area contributed by atoms with E-state index in [0.717, 1.165) is 0 Å². The monoisotopic (exact) mass is 320 g/mol. The van der Waals surface area contributed by atoms with Gasteiger partial charge in [-0.25, -0.2) is 0 Å². The molecular formula is C14H25I. The molecule has 0 aliphatic heterocycles. The number of hydrogen-bond acceptors (Lipinski definition) is 0. The Balaban J connectivity index is 3.13. The molecule has 0 nitrogen and oxygen atoms in total. The first kappa shape index (κ1) is 15.2. The predicted octanol–water partition coefficient (Wildman–Crippen LogP) is 5.67. The maximum absolute atomic E-state index is 2.45. The van der Waals surface area contributed by atoms with Crippen LogP contribution in [-0.4, -0.2) is 4.43 Å². The van der Waals surface area contributed by atoms with Gasteiger partial charge in [-0.1, -0.05) is 79.5 Å². The van der Waals surface area contributed by atoms with E-state index in [-0.39, 0.29) is 0 Å². The minimum Gasteiger partial charge on any atom is -0.0864 e. The van der Waals surface area contributed by atoms with Gasteiger partial charge in [0.1, 0.15) is 0 Å². The highest BCUT2D eigenvalue weighted by Gasteiger charge is 1.86. The van der Waals surface area contributed by atoms with Gasteiger partial charge in [0.25, 0.3) is 0 Å². The molecule has 0 aliphatic carbocycles. The lowest BCUT2D eigenvalue weighted by atomic mass is 10.1. The molecule has 0 aromatic heterocycles. The van der Waals surface area contributed by atoms with Crippen molar-refractivity contribution in [1.29, 1.82) is 0 Å². The van der Waals surface area contributed by atoms with Crippen molar-refractivity contribution in [2.45, 2.75) is 58.3 Å². The number of rotatable bonds is 10. The molecule has 0 fully saturated rings. The van der Waals surface area contributed by atoms with Gasteiger partial charge in [0, 0.05) is 0 Å². The number of halogens is 1. The standard InChI is InChI=1S/C14H25I/c1-2-3-4-5-6-7-8-9-10-11-12-13-14-15/h5-8H,2-4,9-14H2,1H3/b6-5+,8-7-. The van der Waals surface area contributed by atoms with E-state index in [4.69, 9.17) is 0 Å². The van der Waals surface area contributed by atoms with Crippen LogP contribution in [0.1, 0.15) is 58.3 Å². The van der Waals surface area contributed by atoms with Crippen molar-refractivity contribution in [3.63, 3.8) is 0 Å². The van der Waals surface area contributed by atoms with Crippen LogP contribution in [0, 0.1) is 0 Å². The molecule has 0 aromatic carbocycles. The Kier molecular flexibility index (Phi) is 14.4. The van der Waals surface area contributed by atoms with E-state index in [2.05, 4.69) is 53.8 Å². The average Bonchev–Trinajstić information content (AvgIpc) is 2.26. The first-order valence-electron chi connectivity index (χ1n) is 6.29. The van der Waals surface area contributed by atoms with Crippen LogP contribution < -0.4 is 0 Å². The number of unbranched alkanes of at least 4 members (excludes halogenated alkanes) is 6. The fourth-order valence-corrected chi connectivity index (χ4v) is 1.92. The molecule has 0 atom stereocenters. The van der Waals surface area contributed by atoms with Gasteiger partial charge in [-0.2, -0.15) is 0 Å². The fourth-order valence-electron chi connectivity index (χ4n) is 1.38. The second kappa shape index (κ2) is 14.2. The zero-order valence-electron chi connectivity index (χ0n) is 10.1. The molecule has 0 aromatic rings. The zero-order valence-corrected chi connectivity index (χ0v) is 12.2. The number of alkyl halides is 1. The molecule has 1 heteroatoms. The van der Waals surface area contributed by atoms with Gasteiger partial charge < -0.3 is 0 Å². The number of allylic oxidation sites excluding steroid dienone is 4. The summed E-state index contributed by atoms with van der Waals surface area (Å²) in [6.07, 6.45) is 19.6. The Morgan fingerprint density at radius 2 is 1.40 bits per heavy atom. The van der Waals surface area contributed by atoms with E-state index in [1.165, 1.54) is 55.8 Å². The van der Waals surface area contributed by atoms with E-state index in [1.807, 2.05) is 0 Å². The highest BCUT2D eigenvalue weighted by atomic mass is 127. The molecule has 0 spiro atoms. The molecule has 0 unspecified atom stereocenters. The molecule has 0 amide bonds. The summed E-state index contributed by atoms with van der Waals surface area (Å²) in [5.74, 6) is 0. The summed E-state index contributed by atoms with van der Waals surface area (Å²) in [5.41, 5.74) is 0. The Labute approximate surface area is 109 Å². The van der Waals surface area contributed by atoms with E-state index >= 15 is 0 Å². The van der Waals surface area contributed by atoms with Crippen LogP contribution in [-0.2, 0) is 0 Å². The van der Waals surface area contributed by atoms with Gasteiger partial charge in [-0.15, -0.1) is 0 Å². The Bertz CT molecular complexity index is 159. The fraction of sp³-hybridized carbons (Fsp3) is 0.714. The van der Waals surface area contributed by atoms with Gasteiger partial charge in [0.05, 0.1) is 0 Å². The highest BCUT2D eigenvalue weighted by Crippen LogP contribution is 2.05. The summed E-state index contributed by atoms with van der Waals surface area (Å²) in [7, 11) is 0. The maximum Gasteiger partial charge on any atom is -0.000473 e. The molecule has 0 saturated carbocycles. The molecule has 0 aliphatic rings. The first-order valence-corrected chi connectivity index (χ1v) is 7.82. The molecule has 0 saturated heterocycles. The summed E-state index contributed by atoms with van der Waals surface area (Å²) >= 11 is 2.45. The lowest BCUT2D eigenvalue weighted by Gasteiger charge is -1.94. The topological polar surface area (TPSA) is 0 Å². The SMILES string of the molecule is CCCC/C=C/C=C\CCCCCCI. The second-order valence-electron chi connectivity index (χ2n) is 3.89. The van der Waals surface area contributed by atoms with Crippen LogP contribution in [0.25, 0.3) is 0 Å². The molecule has 0 N–H and O–H groups in total. The second-order valence-corrected chi connectivity index (χ2v) is 4.97. The Hall–Kier alpha value is 0.210. The van der Waals surface area contributed by atoms with Crippen LogP contribution in [0.15, 0.2) is 24.3 Å². The largest absolute Gasteiger partial charge is 0.0864 e. The third kappa shape index (κ3) is 14.2. The molecule has 15 heavy (non-hydrogen) atoms. The lowest BCUT2D eigenvalue weighted by Crippen LogP contribution is -1.77. The predicted molar refractivity (Wildman–Crippen MR) is 79.8 cm³/mol. The van der Waals surface area contributed by atoms with Crippen LogP contribution in [0.3, 0.4) is 0 Å². The zero-order chi connectivity index (χ0) is 11.2. The normalized spacial score (nSPS) is 11.9. The number of hydrogen-bond donors (Lipinski definition) is 0. The van der Waals surface area contributed by atoms with Crippen molar-refractivity contribution < 1.29 is 0 Å². The summed E-state index contributed by atoms with van der Waals surface area (Å²) in [6.45, 7) is 2.24. The van der Waals surface area contributed by atoms with Gasteiger partial charge in [-0.05, 0) is 30.1 Å². The van der Waals surface area contributed by atoms with Crippen molar-refractivity contribution in [3.05, 3.63) is 24.3 Å². The first-order chi connectivity index (χ1) is 7.41.